The molecule has 0 radical (unpaired) electrons. The Morgan fingerprint density at radius 3 is 2.14 bits per heavy atom. The lowest BCUT2D eigenvalue weighted by Gasteiger charge is -2.23. The van der Waals surface area contributed by atoms with Crippen LogP contribution in [0.3, 0.4) is 0 Å². The van der Waals surface area contributed by atoms with Crippen LogP contribution in [0.15, 0.2) is 30.8 Å². The van der Waals surface area contributed by atoms with Gasteiger partial charge in [-0.2, -0.15) is 0 Å². The van der Waals surface area contributed by atoms with Crippen molar-refractivity contribution in [3.63, 3.8) is 0 Å². The minimum absolute atomic E-state index is 0.765. The zero-order valence-corrected chi connectivity index (χ0v) is 9.51. The maximum Gasteiger partial charge on any atom is 0.0406 e. The van der Waals surface area contributed by atoms with Crippen LogP contribution >= 0.6 is 11.6 Å². The number of halogens is 1. The normalized spacial score (nSPS) is 9.93. The van der Waals surface area contributed by atoms with Crippen molar-refractivity contribution >= 4 is 17.3 Å². The van der Waals surface area contributed by atoms with Gasteiger partial charge in [0.2, 0.25) is 0 Å². The van der Waals surface area contributed by atoms with E-state index in [2.05, 4.69) is 25.3 Å². The fourth-order valence-electron chi connectivity index (χ4n) is 1.43. The molecule has 76 valence electrons. The first-order valence-electron chi connectivity index (χ1n) is 4.88. The predicted molar refractivity (Wildman–Crippen MR) is 63.4 cm³/mol. The van der Waals surface area contributed by atoms with Gasteiger partial charge in [0.25, 0.3) is 0 Å². The van der Waals surface area contributed by atoms with Crippen molar-refractivity contribution in [1.82, 2.24) is 4.90 Å². The highest BCUT2D eigenvalue weighted by molar-refractivity contribution is 6.30. The molecule has 1 rings (SSSR count). The minimum atomic E-state index is 0.765. The molecular weight excluding hydrogens is 194 g/mol. The molecule has 2 heteroatoms. The summed E-state index contributed by atoms with van der Waals surface area (Å²) in [6.07, 6.45) is 0. The van der Waals surface area contributed by atoms with Crippen LogP contribution in [0.4, 0.5) is 0 Å². The van der Waals surface area contributed by atoms with E-state index in [1.54, 1.807) is 0 Å². The Labute approximate surface area is 91.0 Å². The third kappa shape index (κ3) is 2.52. The van der Waals surface area contributed by atoms with Gasteiger partial charge in [0, 0.05) is 23.8 Å². The summed E-state index contributed by atoms with van der Waals surface area (Å²) in [5.74, 6) is 0. The van der Waals surface area contributed by atoms with Gasteiger partial charge in [0.05, 0.1) is 0 Å². The standard InChI is InChI=1S/C12H16ClN/c1-4-14(5-2)10(3)11-6-8-12(13)9-7-11/h6-9H,3-5H2,1-2H3. The van der Waals surface area contributed by atoms with E-state index in [0.717, 1.165) is 29.4 Å². The van der Waals surface area contributed by atoms with Crippen LogP contribution in [0.2, 0.25) is 5.02 Å². The van der Waals surface area contributed by atoms with Gasteiger partial charge < -0.3 is 4.90 Å². The van der Waals surface area contributed by atoms with Crippen molar-refractivity contribution in [3.05, 3.63) is 41.4 Å². The molecule has 0 saturated heterocycles. The Hall–Kier alpha value is -0.950. The van der Waals surface area contributed by atoms with Gasteiger partial charge in [-0.1, -0.05) is 30.3 Å². The molecule has 0 atom stereocenters. The quantitative estimate of drug-likeness (QED) is 0.732. The van der Waals surface area contributed by atoms with E-state index in [1.165, 1.54) is 0 Å². The summed E-state index contributed by atoms with van der Waals surface area (Å²) in [7, 11) is 0. The Morgan fingerprint density at radius 1 is 1.21 bits per heavy atom. The average Bonchev–Trinajstić information content (AvgIpc) is 2.20. The first-order chi connectivity index (χ1) is 6.69. The first-order valence-corrected chi connectivity index (χ1v) is 5.26. The summed E-state index contributed by atoms with van der Waals surface area (Å²) in [5, 5.41) is 0.765. The fourth-order valence-corrected chi connectivity index (χ4v) is 1.56. The van der Waals surface area contributed by atoms with E-state index in [9.17, 15) is 0 Å². The number of rotatable bonds is 4. The van der Waals surface area contributed by atoms with Crippen molar-refractivity contribution in [2.24, 2.45) is 0 Å². The van der Waals surface area contributed by atoms with Crippen LogP contribution in [0.5, 0.6) is 0 Å². The smallest absolute Gasteiger partial charge is 0.0406 e. The zero-order chi connectivity index (χ0) is 10.6. The molecule has 0 heterocycles. The van der Waals surface area contributed by atoms with E-state index in [-0.39, 0.29) is 0 Å². The van der Waals surface area contributed by atoms with E-state index >= 15 is 0 Å². The van der Waals surface area contributed by atoms with Crippen LogP contribution < -0.4 is 0 Å². The molecule has 0 fully saturated rings. The fraction of sp³-hybridized carbons (Fsp3) is 0.333. The van der Waals surface area contributed by atoms with Gasteiger partial charge in [-0.05, 0) is 31.5 Å². The topological polar surface area (TPSA) is 3.24 Å². The van der Waals surface area contributed by atoms with Crippen LogP contribution in [-0.4, -0.2) is 18.0 Å². The molecule has 0 unspecified atom stereocenters. The van der Waals surface area contributed by atoms with Crippen LogP contribution in [-0.2, 0) is 0 Å². The first kappa shape index (κ1) is 11.1. The molecule has 1 nitrogen and oxygen atoms in total. The van der Waals surface area contributed by atoms with E-state index in [4.69, 9.17) is 11.6 Å². The molecular formula is C12H16ClN. The zero-order valence-electron chi connectivity index (χ0n) is 8.76. The van der Waals surface area contributed by atoms with Crippen molar-refractivity contribution in [3.8, 4) is 0 Å². The molecule has 1 aromatic carbocycles. The maximum absolute atomic E-state index is 5.82. The van der Waals surface area contributed by atoms with E-state index in [1.807, 2.05) is 24.3 Å². The highest BCUT2D eigenvalue weighted by Gasteiger charge is 2.04. The number of nitrogens with zero attached hydrogens (tertiary/aromatic N) is 1. The highest BCUT2D eigenvalue weighted by Crippen LogP contribution is 2.18. The number of hydrogen-bond acceptors (Lipinski definition) is 1. The summed E-state index contributed by atoms with van der Waals surface area (Å²) >= 11 is 5.82. The lowest BCUT2D eigenvalue weighted by Crippen LogP contribution is -2.20. The van der Waals surface area contributed by atoms with Gasteiger partial charge in [0.1, 0.15) is 0 Å². The molecule has 0 aliphatic heterocycles. The SMILES string of the molecule is C=C(c1ccc(Cl)cc1)N(CC)CC. The number of benzene rings is 1. The van der Waals surface area contributed by atoms with Crippen LogP contribution in [0.1, 0.15) is 19.4 Å². The molecule has 0 N–H and O–H groups in total. The van der Waals surface area contributed by atoms with Crippen molar-refractivity contribution in [2.75, 3.05) is 13.1 Å². The monoisotopic (exact) mass is 209 g/mol. The second-order valence-electron chi connectivity index (χ2n) is 3.13. The third-order valence-electron chi connectivity index (χ3n) is 2.32. The molecule has 1 aromatic rings. The lowest BCUT2D eigenvalue weighted by atomic mass is 10.1. The molecule has 0 aliphatic rings. The summed E-state index contributed by atoms with van der Waals surface area (Å²) in [6.45, 7) is 10.3. The molecule has 0 aliphatic carbocycles. The minimum Gasteiger partial charge on any atom is -0.372 e. The Bertz CT molecular complexity index is 299. The largest absolute Gasteiger partial charge is 0.372 e. The van der Waals surface area contributed by atoms with Gasteiger partial charge in [0.15, 0.2) is 0 Å². The Kier molecular flexibility index (Phi) is 4.02. The second kappa shape index (κ2) is 5.06. The third-order valence-corrected chi connectivity index (χ3v) is 2.57. The highest BCUT2D eigenvalue weighted by atomic mass is 35.5. The van der Waals surface area contributed by atoms with Gasteiger partial charge in [-0.15, -0.1) is 0 Å². The predicted octanol–water partition coefficient (Wildman–Crippen LogP) is 3.65. The molecule has 14 heavy (non-hydrogen) atoms. The summed E-state index contributed by atoms with van der Waals surface area (Å²) in [6, 6.07) is 7.79. The van der Waals surface area contributed by atoms with Crippen molar-refractivity contribution in [2.45, 2.75) is 13.8 Å². The molecule has 0 saturated carbocycles. The average molecular weight is 210 g/mol. The molecule has 0 amide bonds. The summed E-state index contributed by atoms with van der Waals surface area (Å²) in [4.78, 5) is 2.23. The lowest BCUT2D eigenvalue weighted by molar-refractivity contribution is 0.443. The van der Waals surface area contributed by atoms with E-state index in [0.29, 0.717) is 0 Å². The van der Waals surface area contributed by atoms with Crippen LogP contribution in [0, 0.1) is 0 Å². The maximum atomic E-state index is 5.82. The van der Waals surface area contributed by atoms with Gasteiger partial charge in [-0.25, -0.2) is 0 Å². The Morgan fingerprint density at radius 2 is 1.71 bits per heavy atom. The summed E-state index contributed by atoms with van der Waals surface area (Å²) in [5.41, 5.74) is 2.20. The van der Waals surface area contributed by atoms with Gasteiger partial charge >= 0.3 is 0 Å². The van der Waals surface area contributed by atoms with E-state index < -0.39 is 0 Å². The molecule has 0 bridgehead atoms. The Balaban J connectivity index is 2.83. The summed E-state index contributed by atoms with van der Waals surface area (Å²) < 4.78 is 0. The number of hydrogen-bond donors (Lipinski definition) is 0. The van der Waals surface area contributed by atoms with Gasteiger partial charge in [-0.3, -0.25) is 0 Å². The second-order valence-corrected chi connectivity index (χ2v) is 3.56. The van der Waals surface area contributed by atoms with Crippen molar-refractivity contribution < 1.29 is 0 Å². The van der Waals surface area contributed by atoms with Crippen molar-refractivity contribution in [1.29, 1.82) is 0 Å². The van der Waals surface area contributed by atoms with Crippen LogP contribution in [0.25, 0.3) is 5.70 Å². The molecule has 0 spiro atoms. The molecule has 0 aromatic heterocycles.